The number of hydrogen-bond acceptors (Lipinski definition) is 1. The highest BCUT2D eigenvalue weighted by atomic mass is 79.9. The molecule has 0 N–H and O–H groups in total. The van der Waals surface area contributed by atoms with E-state index in [1.807, 2.05) is 48.5 Å². The standard InChI is InChI=1S/C14H12BBrO/c1-15-12-6-2-10(3-7-12)14(17)11-4-8-13(16)9-5-11/h2-9,15H,1H3. The molecule has 0 fully saturated rings. The van der Waals surface area contributed by atoms with Gasteiger partial charge in [-0.05, 0) is 24.3 Å². The highest BCUT2D eigenvalue weighted by molar-refractivity contribution is 9.10. The number of rotatable bonds is 3. The zero-order valence-electron chi connectivity index (χ0n) is 9.61. The lowest BCUT2D eigenvalue weighted by Crippen LogP contribution is -2.11. The van der Waals surface area contributed by atoms with Crippen molar-refractivity contribution in [2.75, 3.05) is 0 Å². The quantitative estimate of drug-likeness (QED) is 0.626. The number of benzene rings is 2. The third-order valence-electron chi connectivity index (χ3n) is 2.73. The van der Waals surface area contributed by atoms with E-state index in [0.29, 0.717) is 0 Å². The van der Waals surface area contributed by atoms with Crippen molar-refractivity contribution in [3.63, 3.8) is 0 Å². The molecule has 0 aliphatic carbocycles. The molecule has 17 heavy (non-hydrogen) atoms. The fourth-order valence-electron chi connectivity index (χ4n) is 1.66. The summed E-state index contributed by atoms with van der Waals surface area (Å²) in [6.45, 7) is 2.10. The zero-order chi connectivity index (χ0) is 12.3. The Bertz CT molecular complexity index is 517. The van der Waals surface area contributed by atoms with Crippen LogP contribution >= 0.6 is 15.9 Å². The molecule has 2 rings (SSSR count). The topological polar surface area (TPSA) is 17.1 Å². The Labute approximate surface area is 110 Å². The van der Waals surface area contributed by atoms with E-state index in [2.05, 4.69) is 22.8 Å². The van der Waals surface area contributed by atoms with Crippen LogP contribution in [-0.4, -0.2) is 13.1 Å². The molecule has 0 atom stereocenters. The third-order valence-corrected chi connectivity index (χ3v) is 3.26. The van der Waals surface area contributed by atoms with Crippen LogP contribution in [0.25, 0.3) is 0 Å². The minimum Gasteiger partial charge on any atom is -0.289 e. The number of carbonyl (C=O) groups excluding carboxylic acids is 1. The summed E-state index contributed by atoms with van der Waals surface area (Å²) in [6, 6.07) is 15.2. The minimum atomic E-state index is 0.0696. The van der Waals surface area contributed by atoms with E-state index < -0.39 is 0 Å². The van der Waals surface area contributed by atoms with E-state index >= 15 is 0 Å². The Hall–Kier alpha value is -1.35. The van der Waals surface area contributed by atoms with Crippen LogP contribution in [0.1, 0.15) is 15.9 Å². The second kappa shape index (κ2) is 5.32. The van der Waals surface area contributed by atoms with Crippen molar-refractivity contribution in [3.05, 3.63) is 64.1 Å². The van der Waals surface area contributed by atoms with Gasteiger partial charge in [-0.1, -0.05) is 52.5 Å². The van der Waals surface area contributed by atoms with Crippen molar-refractivity contribution < 1.29 is 4.79 Å². The Morgan fingerprint density at radius 2 is 1.41 bits per heavy atom. The Morgan fingerprint density at radius 3 is 1.88 bits per heavy atom. The highest BCUT2D eigenvalue weighted by Gasteiger charge is 2.08. The fraction of sp³-hybridized carbons (Fsp3) is 0.0714. The van der Waals surface area contributed by atoms with Crippen LogP contribution in [0.3, 0.4) is 0 Å². The molecule has 0 saturated heterocycles. The third kappa shape index (κ3) is 2.86. The van der Waals surface area contributed by atoms with Gasteiger partial charge >= 0.3 is 0 Å². The van der Waals surface area contributed by atoms with Gasteiger partial charge in [0.15, 0.2) is 13.1 Å². The molecule has 0 saturated carbocycles. The van der Waals surface area contributed by atoms with Crippen molar-refractivity contribution in [1.82, 2.24) is 0 Å². The van der Waals surface area contributed by atoms with E-state index in [0.717, 1.165) is 22.9 Å². The maximum absolute atomic E-state index is 12.1. The fourth-order valence-corrected chi connectivity index (χ4v) is 1.92. The highest BCUT2D eigenvalue weighted by Crippen LogP contribution is 2.13. The monoisotopic (exact) mass is 286 g/mol. The van der Waals surface area contributed by atoms with Crippen LogP contribution in [0.15, 0.2) is 53.0 Å². The molecule has 0 heterocycles. The average molecular weight is 287 g/mol. The second-order valence-corrected chi connectivity index (χ2v) is 4.80. The maximum Gasteiger partial charge on any atom is 0.193 e. The van der Waals surface area contributed by atoms with E-state index in [9.17, 15) is 4.79 Å². The van der Waals surface area contributed by atoms with Crippen LogP contribution in [0, 0.1) is 0 Å². The lowest BCUT2D eigenvalue weighted by molar-refractivity contribution is 0.103. The van der Waals surface area contributed by atoms with Crippen molar-refractivity contribution >= 4 is 34.5 Å². The summed E-state index contributed by atoms with van der Waals surface area (Å²) >= 11 is 3.36. The van der Waals surface area contributed by atoms with Gasteiger partial charge in [-0.2, -0.15) is 0 Å². The molecule has 0 aliphatic rings. The molecule has 1 nitrogen and oxygen atoms in total. The predicted molar refractivity (Wildman–Crippen MR) is 76.7 cm³/mol. The summed E-state index contributed by atoms with van der Waals surface area (Å²) < 4.78 is 0.982. The van der Waals surface area contributed by atoms with E-state index in [4.69, 9.17) is 0 Å². The first kappa shape index (κ1) is 12.1. The van der Waals surface area contributed by atoms with E-state index in [-0.39, 0.29) is 5.78 Å². The van der Waals surface area contributed by atoms with Crippen LogP contribution < -0.4 is 5.46 Å². The minimum absolute atomic E-state index is 0.0696. The number of carbonyl (C=O) groups is 1. The first-order chi connectivity index (χ1) is 8.20. The number of halogens is 1. The Morgan fingerprint density at radius 1 is 0.941 bits per heavy atom. The number of hydrogen-bond donors (Lipinski definition) is 0. The summed E-state index contributed by atoms with van der Waals surface area (Å²) in [5.41, 5.74) is 2.71. The van der Waals surface area contributed by atoms with Crippen LogP contribution in [0.2, 0.25) is 6.82 Å². The van der Waals surface area contributed by atoms with Gasteiger partial charge in [-0.25, -0.2) is 0 Å². The summed E-state index contributed by atoms with van der Waals surface area (Å²) in [4.78, 5) is 12.1. The van der Waals surface area contributed by atoms with Crippen LogP contribution in [0.5, 0.6) is 0 Å². The van der Waals surface area contributed by atoms with E-state index in [1.165, 1.54) is 5.46 Å². The molecule has 0 bridgehead atoms. The van der Waals surface area contributed by atoms with Crippen molar-refractivity contribution in [1.29, 1.82) is 0 Å². The van der Waals surface area contributed by atoms with Gasteiger partial charge in [0.1, 0.15) is 0 Å². The molecular weight excluding hydrogens is 275 g/mol. The summed E-state index contributed by atoms with van der Waals surface area (Å²) in [5, 5.41) is 0. The van der Waals surface area contributed by atoms with Gasteiger partial charge in [-0.15, -0.1) is 0 Å². The van der Waals surface area contributed by atoms with Gasteiger partial charge in [0.2, 0.25) is 0 Å². The molecule has 0 radical (unpaired) electrons. The smallest absolute Gasteiger partial charge is 0.193 e. The van der Waals surface area contributed by atoms with Crippen LogP contribution in [-0.2, 0) is 0 Å². The lowest BCUT2D eigenvalue weighted by atomic mass is 9.73. The Balaban J connectivity index is 2.27. The largest absolute Gasteiger partial charge is 0.289 e. The van der Waals surface area contributed by atoms with Gasteiger partial charge < -0.3 is 0 Å². The molecule has 0 aliphatic heterocycles. The molecule has 0 amide bonds. The molecular formula is C14H12BBrO. The zero-order valence-corrected chi connectivity index (χ0v) is 11.2. The second-order valence-electron chi connectivity index (χ2n) is 3.89. The molecule has 0 spiro atoms. The van der Waals surface area contributed by atoms with Crippen LogP contribution in [0.4, 0.5) is 0 Å². The predicted octanol–water partition coefficient (Wildman–Crippen LogP) is 2.79. The average Bonchev–Trinajstić information content (AvgIpc) is 2.39. The Kier molecular flexibility index (Phi) is 3.80. The SMILES string of the molecule is CBc1ccc(C(=O)c2ccc(Br)cc2)cc1. The maximum atomic E-state index is 12.1. The van der Waals surface area contributed by atoms with Crippen molar-refractivity contribution in [2.24, 2.45) is 0 Å². The molecule has 84 valence electrons. The molecule has 2 aromatic rings. The van der Waals surface area contributed by atoms with Gasteiger partial charge in [0.05, 0.1) is 0 Å². The van der Waals surface area contributed by atoms with Gasteiger partial charge in [0, 0.05) is 15.6 Å². The lowest BCUT2D eigenvalue weighted by Gasteiger charge is -2.02. The van der Waals surface area contributed by atoms with Crippen molar-refractivity contribution in [2.45, 2.75) is 6.82 Å². The molecule has 3 heteroatoms. The summed E-state index contributed by atoms with van der Waals surface area (Å²) in [7, 11) is 0.993. The first-order valence-corrected chi connectivity index (χ1v) is 6.39. The number of ketones is 1. The molecule has 2 aromatic carbocycles. The molecule has 0 unspecified atom stereocenters. The van der Waals surface area contributed by atoms with Crippen molar-refractivity contribution in [3.8, 4) is 0 Å². The van der Waals surface area contributed by atoms with E-state index in [1.54, 1.807) is 0 Å². The van der Waals surface area contributed by atoms with Gasteiger partial charge in [0.25, 0.3) is 0 Å². The van der Waals surface area contributed by atoms with Gasteiger partial charge in [-0.3, -0.25) is 4.79 Å². The molecule has 0 aromatic heterocycles. The first-order valence-electron chi connectivity index (χ1n) is 5.60. The normalized spacial score (nSPS) is 10.0. The summed E-state index contributed by atoms with van der Waals surface area (Å²) in [6.07, 6.45) is 0. The summed E-state index contributed by atoms with van der Waals surface area (Å²) in [5.74, 6) is 0.0696.